The van der Waals surface area contributed by atoms with Crippen molar-refractivity contribution in [3.05, 3.63) is 11.6 Å². The second-order valence-corrected chi connectivity index (χ2v) is 4.32. The van der Waals surface area contributed by atoms with E-state index in [2.05, 4.69) is 36.6 Å². The fourth-order valence-corrected chi connectivity index (χ4v) is 1.53. The average Bonchev–Trinajstić information content (AvgIpc) is 2.95. The van der Waals surface area contributed by atoms with Crippen LogP contribution in [-0.2, 0) is 0 Å². The maximum absolute atomic E-state index is 4.03. The molecule has 0 spiro atoms. The Morgan fingerprint density at radius 1 is 1.57 bits per heavy atom. The van der Waals surface area contributed by atoms with Gasteiger partial charge in [0.15, 0.2) is 6.72 Å². The van der Waals surface area contributed by atoms with E-state index in [-0.39, 0.29) is 0 Å². The van der Waals surface area contributed by atoms with E-state index in [0.717, 1.165) is 18.2 Å². The van der Waals surface area contributed by atoms with Crippen LogP contribution >= 0.6 is 0 Å². The van der Waals surface area contributed by atoms with Gasteiger partial charge in [-0.15, -0.1) is 0 Å². The highest BCUT2D eigenvalue weighted by Gasteiger charge is 2.32. The van der Waals surface area contributed by atoms with E-state index in [9.17, 15) is 0 Å². The molecule has 1 N–H and O–H groups in total. The molecule has 1 rings (SSSR count). The zero-order chi connectivity index (χ0) is 10.6. The Balaban J connectivity index is 2.72. The van der Waals surface area contributed by atoms with Crippen LogP contribution in [0.15, 0.2) is 11.6 Å². The minimum atomic E-state index is 0.715. The maximum Gasteiger partial charge on any atom is 0.369 e. The standard InChI is InChI=1S/C12H20N2/c1-9(2)5-8-11(10-6-7-10)12(13-3)14-4/h8-10H,3,5-7H2,1-2,4H3/p+1. The van der Waals surface area contributed by atoms with E-state index in [4.69, 9.17) is 0 Å². The summed E-state index contributed by atoms with van der Waals surface area (Å²) in [5.41, 5.74) is 1.37. The summed E-state index contributed by atoms with van der Waals surface area (Å²) < 4.78 is 4.03. The lowest BCUT2D eigenvalue weighted by molar-refractivity contribution is 0.660. The smallest absolute Gasteiger partial charge is 0.263 e. The predicted octanol–water partition coefficient (Wildman–Crippen LogP) is 1.75. The minimum Gasteiger partial charge on any atom is -0.263 e. The fourth-order valence-electron chi connectivity index (χ4n) is 1.53. The lowest BCUT2D eigenvalue weighted by atomic mass is 10.0. The Morgan fingerprint density at radius 3 is 2.57 bits per heavy atom. The summed E-state index contributed by atoms with van der Waals surface area (Å²) in [6.45, 7) is 8.07. The molecule has 0 radical (unpaired) electrons. The van der Waals surface area contributed by atoms with Gasteiger partial charge in [0.2, 0.25) is 0 Å². The molecule has 0 atom stereocenters. The molecule has 0 aromatic heterocycles. The summed E-state index contributed by atoms with van der Waals surface area (Å²) in [5.74, 6) is 2.42. The van der Waals surface area contributed by atoms with E-state index >= 15 is 0 Å². The first kappa shape index (κ1) is 11.1. The zero-order valence-corrected chi connectivity index (χ0v) is 9.51. The number of likely N-dealkylation sites (N-methyl/N-ethyl adjacent to an activating group) is 1. The van der Waals surface area contributed by atoms with Crippen LogP contribution < -0.4 is 9.98 Å². The minimum absolute atomic E-state index is 0.715. The lowest BCUT2D eigenvalue weighted by Gasteiger charge is -2.02. The lowest BCUT2D eigenvalue weighted by Crippen LogP contribution is -2.24. The molecule has 1 saturated carbocycles. The van der Waals surface area contributed by atoms with Crippen molar-refractivity contribution in [2.24, 2.45) is 11.8 Å². The number of nitrogens with zero attached hydrogens (tertiary/aromatic N) is 1. The molecule has 0 aromatic carbocycles. The van der Waals surface area contributed by atoms with Crippen molar-refractivity contribution >= 4 is 12.6 Å². The molecule has 0 heterocycles. The topological polar surface area (TPSA) is 26.1 Å². The zero-order valence-electron chi connectivity index (χ0n) is 9.51. The maximum atomic E-state index is 4.03. The summed E-state index contributed by atoms with van der Waals surface area (Å²) in [6, 6.07) is 0. The molecule has 14 heavy (non-hydrogen) atoms. The molecule has 0 amide bonds. The molecular weight excluding hydrogens is 172 g/mol. The molecule has 0 unspecified atom stereocenters. The van der Waals surface area contributed by atoms with E-state index in [0.29, 0.717) is 5.92 Å². The third-order valence-electron chi connectivity index (χ3n) is 2.49. The van der Waals surface area contributed by atoms with E-state index in [1.54, 1.807) is 0 Å². The second-order valence-electron chi connectivity index (χ2n) is 4.32. The monoisotopic (exact) mass is 193 g/mol. The van der Waals surface area contributed by atoms with Crippen molar-refractivity contribution in [1.82, 2.24) is 9.98 Å². The van der Waals surface area contributed by atoms with Gasteiger partial charge in [-0.2, -0.15) is 0 Å². The Hall–Kier alpha value is -1.01. The number of rotatable bonds is 4. The molecule has 1 fully saturated rings. The SMILES string of the molecule is C=[N+]=C(NC)C(=CCC(C)C)C1CC1. The first-order valence-corrected chi connectivity index (χ1v) is 5.40. The Bertz CT molecular complexity index is 266. The normalized spacial score (nSPS) is 16.7. The number of amidine groups is 1. The highest BCUT2D eigenvalue weighted by Crippen LogP contribution is 2.36. The summed E-state index contributed by atoms with van der Waals surface area (Å²) in [6.07, 6.45) is 6.07. The molecule has 0 aromatic rings. The van der Waals surface area contributed by atoms with Gasteiger partial charge in [0.05, 0.1) is 12.6 Å². The van der Waals surface area contributed by atoms with Crippen LogP contribution in [0.1, 0.15) is 33.1 Å². The second kappa shape index (κ2) is 5.02. The highest BCUT2D eigenvalue weighted by molar-refractivity contribution is 5.98. The van der Waals surface area contributed by atoms with Crippen LogP contribution in [0, 0.1) is 11.8 Å². The number of nitrogens with one attached hydrogen (secondary N) is 1. The number of hydrogen-bond donors (Lipinski definition) is 1. The fraction of sp³-hybridized carbons (Fsp3) is 0.667. The van der Waals surface area contributed by atoms with Crippen LogP contribution in [-0.4, -0.2) is 19.6 Å². The van der Waals surface area contributed by atoms with Gasteiger partial charge in [-0.3, -0.25) is 5.32 Å². The third-order valence-corrected chi connectivity index (χ3v) is 2.49. The van der Waals surface area contributed by atoms with Crippen LogP contribution in [0.2, 0.25) is 0 Å². The van der Waals surface area contributed by atoms with Gasteiger partial charge in [0.25, 0.3) is 0 Å². The van der Waals surface area contributed by atoms with Crippen molar-refractivity contribution in [1.29, 1.82) is 0 Å². The van der Waals surface area contributed by atoms with E-state index in [1.165, 1.54) is 18.4 Å². The molecule has 2 nitrogen and oxygen atoms in total. The first-order chi connectivity index (χ1) is 6.69. The molecule has 0 saturated heterocycles. The van der Waals surface area contributed by atoms with Gasteiger partial charge in [-0.25, -0.2) is 4.67 Å². The molecule has 1 aliphatic carbocycles. The quantitative estimate of drug-likeness (QED) is 0.411. The number of hydrogen-bond acceptors (Lipinski definition) is 0. The average molecular weight is 193 g/mol. The van der Waals surface area contributed by atoms with Gasteiger partial charge < -0.3 is 0 Å². The summed E-state index contributed by atoms with van der Waals surface area (Å²) in [5, 5.41) is 3.12. The van der Waals surface area contributed by atoms with Crippen LogP contribution in [0.3, 0.4) is 0 Å². The van der Waals surface area contributed by atoms with Gasteiger partial charge in [0, 0.05) is 0 Å². The Labute approximate surface area is 86.8 Å². The Kier molecular flexibility index (Phi) is 3.97. The number of allylic oxidation sites excluding steroid dienone is 1. The molecule has 1 aliphatic rings. The van der Waals surface area contributed by atoms with Crippen LogP contribution in [0.25, 0.3) is 0 Å². The molecule has 0 bridgehead atoms. The van der Waals surface area contributed by atoms with Crippen molar-refractivity contribution in [2.75, 3.05) is 7.05 Å². The molecular formula is C12H21N2+. The summed E-state index contributed by atoms with van der Waals surface area (Å²) in [4.78, 5) is 0. The van der Waals surface area contributed by atoms with Crippen molar-refractivity contribution in [3.63, 3.8) is 0 Å². The molecule has 0 aliphatic heterocycles. The van der Waals surface area contributed by atoms with Gasteiger partial charge >= 0.3 is 5.84 Å². The van der Waals surface area contributed by atoms with E-state index < -0.39 is 0 Å². The summed E-state index contributed by atoms with van der Waals surface area (Å²) in [7, 11) is 1.91. The molecule has 2 heteroatoms. The van der Waals surface area contributed by atoms with Gasteiger partial charge in [-0.1, -0.05) is 19.9 Å². The highest BCUT2D eigenvalue weighted by atomic mass is 14.9. The third kappa shape index (κ3) is 3.04. The van der Waals surface area contributed by atoms with Crippen LogP contribution in [0.4, 0.5) is 0 Å². The summed E-state index contributed by atoms with van der Waals surface area (Å²) >= 11 is 0. The molecule has 78 valence electrons. The predicted molar refractivity (Wildman–Crippen MR) is 63.6 cm³/mol. The Morgan fingerprint density at radius 2 is 2.21 bits per heavy atom. The van der Waals surface area contributed by atoms with Gasteiger partial charge in [0.1, 0.15) is 0 Å². The first-order valence-electron chi connectivity index (χ1n) is 5.40. The van der Waals surface area contributed by atoms with Crippen molar-refractivity contribution in [3.8, 4) is 0 Å². The van der Waals surface area contributed by atoms with E-state index in [1.807, 2.05) is 7.05 Å². The van der Waals surface area contributed by atoms with Crippen molar-refractivity contribution in [2.45, 2.75) is 33.1 Å². The van der Waals surface area contributed by atoms with Crippen LogP contribution in [0.5, 0.6) is 0 Å². The largest absolute Gasteiger partial charge is 0.369 e. The van der Waals surface area contributed by atoms with Gasteiger partial charge in [-0.05, 0) is 31.1 Å². The van der Waals surface area contributed by atoms with Crippen molar-refractivity contribution < 1.29 is 0 Å².